The van der Waals surface area contributed by atoms with Gasteiger partial charge in [-0.3, -0.25) is 9.79 Å². The summed E-state index contributed by atoms with van der Waals surface area (Å²) in [5.74, 6) is 1.02. The highest BCUT2D eigenvalue weighted by molar-refractivity contribution is 14.0. The smallest absolute Gasteiger partial charge is 0.227 e. The van der Waals surface area contributed by atoms with E-state index in [1.165, 1.54) is 6.42 Å². The standard InChI is InChI=1S/C15H23N5O.HI/c1-12-5-6-13(18-11-12)19-14(21)7-8-17-15(16)20-9-3-2-4-10-20;/h5-6,11H,2-4,7-10H2,1H3,(H2,16,17)(H,18,19,21);1H. The van der Waals surface area contributed by atoms with Gasteiger partial charge in [-0.1, -0.05) is 6.07 Å². The Morgan fingerprint density at radius 1 is 1.36 bits per heavy atom. The molecule has 1 aliphatic heterocycles. The first-order chi connectivity index (χ1) is 10.1. The highest BCUT2D eigenvalue weighted by Gasteiger charge is 2.11. The first-order valence-corrected chi connectivity index (χ1v) is 7.42. The number of aliphatic imine (C=N–C) groups is 1. The monoisotopic (exact) mass is 417 g/mol. The Labute approximate surface area is 148 Å². The molecule has 0 spiro atoms. The third kappa shape index (κ3) is 6.17. The number of anilines is 1. The third-order valence-corrected chi connectivity index (χ3v) is 3.47. The number of carbonyl (C=O) groups is 1. The van der Waals surface area contributed by atoms with E-state index in [9.17, 15) is 4.79 Å². The summed E-state index contributed by atoms with van der Waals surface area (Å²) in [6.45, 7) is 4.29. The Balaban J connectivity index is 0.00000242. The predicted octanol–water partition coefficient (Wildman–Crippen LogP) is 2.14. The third-order valence-electron chi connectivity index (χ3n) is 3.47. The van der Waals surface area contributed by atoms with Gasteiger partial charge in [-0.25, -0.2) is 4.98 Å². The number of amides is 1. The molecule has 0 saturated carbocycles. The molecule has 2 rings (SSSR count). The van der Waals surface area contributed by atoms with Crippen molar-refractivity contribution in [3.8, 4) is 0 Å². The van der Waals surface area contributed by atoms with Gasteiger partial charge in [0, 0.05) is 25.7 Å². The van der Waals surface area contributed by atoms with Gasteiger partial charge in [0.15, 0.2) is 5.96 Å². The number of guanidine groups is 1. The minimum atomic E-state index is -0.0958. The first kappa shape index (κ1) is 18.7. The second-order valence-electron chi connectivity index (χ2n) is 5.31. The van der Waals surface area contributed by atoms with Gasteiger partial charge in [-0.15, -0.1) is 24.0 Å². The van der Waals surface area contributed by atoms with Crippen molar-refractivity contribution < 1.29 is 4.79 Å². The average Bonchev–Trinajstić information content (AvgIpc) is 2.50. The fraction of sp³-hybridized carbons (Fsp3) is 0.533. The number of piperidine rings is 1. The average molecular weight is 417 g/mol. The molecule has 0 aliphatic carbocycles. The molecule has 1 aliphatic rings. The van der Waals surface area contributed by atoms with E-state index in [4.69, 9.17) is 5.73 Å². The maximum absolute atomic E-state index is 11.8. The van der Waals surface area contributed by atoms with Crippen LogP contribution >= 0.6 is 24.0 Å². The van der Waals surface area contributed by atoms with Gasteiger partial charge in [0.05, 0.1) is 6.54 Å². The zero-order valence-electron chi connectivity index (χ0n) is 12.9. The molecule has 122 valence electrons. The number of aryl methyl sites for hydroxylation is 1. The van der Waals surface area contributed by atoms with E-state index in [1.54, 1.807) is 12.3 Å². The topological polar surface area (TPSA) is 83.6 Å². The molecule has 1 aromatic heterocycles. The van der Waals surface area contributed by atoms with Crippen LogP contribution in [0.5, 0.6) is 0 Å². The SMILES string of the molecule is Cc1ccc(NC(=O)CCN=C(N)N2CCCCC2)nc1.I. The summed E-state index contributed by atoms with van der Waals surface area (Å²) in [6.07, 6.45) is 5.62. The molecule has 0 aromatic carbocycles. The van der Waals surface area contributed by atoms with Crippen molar-refractivity contribution in [1.82, 2.24) is 9.88 Å². The largest absolute Gasteiger partial charge is 0.370 e. The molecule has 3 N–H and O–H groups in total. The number of nitrogens with two attached hydrogens (primary N) is 1. The molecule has 0 unspecified atom stereocenters. The number of aromatic nitrogens is 1. The number of pyridine rings is 1. The van der Waals surface area contributed by atoms with Crippen LogP contribution in [0.15, 0.2) is 23.3 Å². The van der Waals surface area contributed by atoms with E-state index >= 15 is 0 Å². The normalized spacial score (nSPS) is 15.1. The van der Waals surface area contributed by atoms with Gasteiger partial charge in [-0.2, -0.15) is 0 Å². The number of likely N-dealkylation sites (tertiary alicyclic amines) is 1. The molecule has 1 fully saturated rings. The van der Waals surface area contributed by atoms with Gasteiger partial charge >= 0.3 is 0 Å². The van der Waals surface area contributed by atoms with Crippen molar-refractivity contribution in [2.24, 2.45) is 10.7 Å². The van der Waals surface area contributed by atoms with Gasteiger partial charge in [-0.05, 0) is 37.8 Å². The fourth-order valence-corrected chi connectivity index (χ4v) is 2.24. The van der Waals surface area contributed by atoms with Gasteiger partial charge < -0.3 is 16.0 Å². The van der Waals surface area contributed by atoms with E-state index in [0.29, 0.717) is 24.7 Å². The van der Waals surface area contributed by atoms with Gasteiger partial charge in [0.1, 0.15) is 5.82 Å². The lowest BCUT2D eigenvalue weighted by atomic mass is 10.1. The number of hydrogen-bond donors (Lipinski definition) is 2. The van der Waals surface area contributed by atoms with Crippen LogP contribution in [0, 0.1) is 6.92 Å². The summed E-state index contributed by atoms with van der Waals surface area (Å²) in [6, 6.07) is 3.70. The first-order valence-electron chi connectivity index (χ1n) is 7.42. The van der Waals surface area contributed by atoms with Gasteiger partial charge in [0.25, 0.3) is 0 Å². The maximum Gasteiger partial charge on any atom is 0.227 e. The maximum atomic E-state index is 11.8. The van der Waals surface area contributed by atoms with Crippen molar-refractivity contribution in [3.63, 3.8) is 0 Å². The molecule has 6 nitrogen and oxygen atoms in total. The van der Waals surface area contributed by atoms with Crippen LogP contribution in [-0.4, -0.2) is 41.4 Å². The lowest BCUT2D eigenvalue weighted by Gasteiger charge is -2.27. The number of hydrogen-bond acceptors (Lipinski definition) is 3. The molecule has 0 radical (unpaired) electrons. The lowest BCUT2D eigenvalue weighted by molar-refractivity contribution is -0.116. The Bertz CT molecular complexity index is 497. The van der Waals surface area contributed by atoms with E-state index in [1.807, 2.05) is 13.0 Å². The van der Waals surface area contributed by atoms with E-state index in [-0.39, 0.29) is 29.9 Å². The quantitative estimate of drug-likeness (QED) is 0.447. The Hall–Kier alpha value is -1.38. The Morgan fingerprint density at radius 3 is 2.73 bits per heavy atom. The Kier molecular flexibility index (Phi) is 8.15. The van der Waals surface area contributed by atoms with Crippen molar-refractivity contribution in [1.29, 1.82) is 0 Å². The molecule has 22 heavy (non-hydrogen) atoms. The predicted molar refractivity (Wildman–Crippen MR) is 99.5 cm³/mol. The highest BCUT2D eigenvalue weighted by Crippen LogP contribution is 2.08. The van der Waals surface area contributed by atoms with Crippen molar-refractivity contribution in [2.75, 3.05) is 25.0 Å². The Morgan fingerprint density at radius 2 is 2.09 bits per heavy atom. The molecular formula is C15H24IN5O. The van der Waals surface area contributed by atoms with Crippen LogP contribution < -0.4 is 11.1 Å². The zero-order chi connectivity index (χ0) is 15.1. The summed E-state index contributed by atoms with van der Waals surface area (Å²) in [4.78, 5) is 22.3. The highest BCUT2D eigenvalue weighted by atomic mass is 127. The molecule has 7 heteroatoms. The molecule has 2 heterocycles. The zero-order valence-corrected chi connectivity index (χ0v) is 15.2. The fourth-order valence-electron chi connectivity index (χ4n) is 2.24. The van der Waals surface area contributed by atoms with E-state index in [2.05, 4.69) is 20.2 Å². The summed E-state index contributed by atoms with van der Waals surface area (Å²) < 4.78 is 0. The van der Waals surface area contributed by atoms with Crippen molar-refractivity contribution in [2.45, 2.75) is 32.6 Å². The van der Waals surface area contributed by atoms with Crippen LogP contribution in [-0.2, 0) is 4.79 Å². The van der Waals surface area contributed by atoms with Crippen LogP contribution in [0.1, 0.15) is 31.2 Å². The molecular weight excluding hydrogens is 393 g/mol. The van der Waals surface area contributed by atoms with E-state index in [0.717, 1.165) is 31.5 Å². The number of nitrogens with zero attached hydrogens (tertiary/aromatic N) is 3. The molecule has 0 atom stereocenters. The molecule has 1 saturated heterocycles. The molecule has 1 amide bonds. The number of nitrogens with one attached hydrogen (secondary N) is 1. The second-order valence-corrected chi connectivity index (χ2v) is 5.31. The summed E-state index contributed by atoms with van der Waals surface area (Å²) in [5, 5.41) is 2.75. The minimum Gasteiger partial charge on any atom is -0.370 e. The van der Waals surface area contributed by atoms with Gasteiger partial charge in [0.2, 0.25) is 5.91 Å². The summed E-state index contributed by atoms with van der Waals surface area (Å²) >= 11 is 0. The lowest BCUT2D eigenvalue weighted by Crippen LogP contribution is -2.41. The second kappa shape index (κ2) is 9.60. The number of carbonyl (C=O) groups excluding carboxylic acids is 1. The van der Waals surface area contributed by atoms with Crippen LogP contribution in [0.25, 0.3) is 0 Å². The molecule has 0 bridgehead atoms. The minimum absolute atomic E-state index is 0. The molecule has 1 aromatic rings. The van der Waals surface area contributed by atoms with Crippen LogP contribution in [0.4, 0.5) is 5.82 Å². The van der Waals surface area contributed by atoms with Crippen molar-refractivity contribution in [3.05, 3.63) is 23.9 Å². The number of halogens is 1. The van der Waals surface area contributed by atoms with E-state index < -0.39 is 0 Å². The number of rotatable bonds is 4. The van der Waals surface area contributed by atoms with Crippen molar-refractivity contribution >= 4 is 41.7 Å². The summed E-state index contributed by atoms with van der Waals surface area (Å²) in [5.41, 5.74) is 7.00. The van der Waals surface area contributed by atoms with Crippen LogP contribution in [0.2, 0.25) is 0 Å². The van der Waals surface area contributed by atoms with Crippen LogP contribution in [0.3, 0.4) is 0 Å². The summed E-state index contributed by atoms with van der Waals surface area (Å²) in [7, 11) is 0.